The molecule has 0 saturated carbocycles. The van der Waals surface area contributed by atoms with Gasteiger partial charge in [-0.3, -0.25) is 9.78 Å². The Bertz CT molecular complexity index is 449. The maximum atomic E-state index is 12.2. The summed E-state index contributed by atoms with van der Waals surface area (Å²) in [4.78, 5) is 18.0. The van der Waals surface area contributed by atoms with Gasteiger partial charge in [0, 0.05) is 19.3 Å². The van der Waals surface area contributed by atoms with Crippen LogP contribution in [0.1, 0.15) is 16.8 Å². The molecule has 5 heteroatoms. The Morgan fingerprint density at radius 2 is 2.41 bits per heavy atom. The van der Waals surface area contributed by atoms with Crippen molar-refractivity contribution in [2.45, 2.75) is 18.6 Å². The maximum absolute atomic E-state index is 12.2. The van der Waals surface area contributed by atoms with E-state index in [2.05, 4.69) is 4.98 Å². The molecular weight excluding hydrogens is 220 g/mol. The Balaban J connectivity index is 1.75. The number of methoxy groups -OCH3 is 1. The SMILES string of the molecule is COc1cncc(C(=O)N2CC[C@H]3O[C@@H]3C2)c1. The number of carbonyl (C=O) groups is 1. The van der Waals surface area contributed by atoms with Gasteiger partial charge in [0.25, 0.3) is 5.91 Å². The van der Waals surface area contributed by atoms with Gasteiger partial charge >= 0.3 is 0 Å². The first-order valence-corrected chi connectivity index (χ1v) is 5.71. The van der Waals surface area contributed by atoms with Crippen molar-refractivity contribution < 1.29 is 14.3 Å². The molecule has 0 N–H and O–H groups in total. The number of rotatable bonds is 2. The predicted octanol–water partition coefficient (Wildman–Crippen LogP) is 0.703. The fourth-order valence-corrected chi connectivity index (χ4v) is 2.20. The van der Waals surface area contributed by atoms with E-state index in [-0.39, 0.29) is 12.0 Å². The number of hydrogen-bond acceptors (Lipinski definition) is 4. The topological polar surface area (TPSA) is 55.0 Å². The monoisotopic (exact) mass is 234 g/mol. The molecule has 3 heterocycles. The summed E-state index contributed by atoms with van der Waals surface area (Å²) in [6.45, 7) is 1.46. The van der Waals surface area contributed by atoms with Crippen LogP contribution in [0.25, 0.3) is 0 Å². The number of aromatic nitrogens is 1. The summed E-state index contributed by atoms with van der Waals surface area (Å²) in [5.41, 5.74) is 0.573. The minimum Gasteiger partial charge on any atom is -0.495 e. The second-order valence-electron chi connectivity index (χ2n) is 4.37. The number of epoxide rings is 1. The summed E-state index contributed by atoms with van der Waals surface area (Å²) in [5.74, 6) is 0.610. The van der Waals surface area contributed by atoms with Crippen LogP contribution in [0.3, 0.4) is 0 Å². The second-order valence-corrected chi connectivity index (χ2v) is 4.37. The van der Waals surface area contributed by atoms with Crippen molar-refractivity contribution in [2.24, 2.45) is 0 Å². The van der Waals surface area contributed by atoms with Gasteiger partial charge in [-0.05, 0) is 12.5 Å². The predicted molar refractivity (Wildman–Crippen MR) is 60.0 cm³/mol. The number of likely N-dealkylation sites (tertiary alicyclic amines) is 1. The summed E-state index contributed by atoms with van der Waals surface area (Å²) >= 11 is 0. The lowest BCUT2D eigenvalue weighted by molar-refractivity contribution is 0.0736. The first-order chi connectivity index (χ1) is 8.28. The van der Waals surface area contributed by atoms with Crippen LogP contribution in [0.5, 0.6) is 5.75 Å². The lowest BCUT2D eigenvalue weighted by Gasteiger charge is -2.24. The quantitative estimate of drug-likeness (QED) is 0.707. The van der Waals surface area contributed by atoms with Crippen molar-refractivity contribution in [1.82, 2.24) is 9.88 Å². The molecule has 0 spiro atoms. The van der Waals surface area contributed by atoms with Crippen LogP contribution in [0, 0.1) is 0 Å². The normalized spacial score (nSPS) is 26.3. The number of nitrogens with zero attached hydrogens (tertiary/aromatic N) is 2. The van der Waals surface area contributed by atoms with E-state index in [1.165, 1.54) is 0 Å². The lowest BCUT2D eigenvalue weighted by Crippen LogP contribution is -2.39. The molecule has 1 aromatic heterocycles. The van der Waals surface area contributed by atoms with Crippen LogP contribution >= 0.6 is 0 Å². The molecule has 1 aromatic rings. The molecule has 0 radical (unpaired) electrons. The molecule has 2 atom stereocenters. The van der Waals surface area contributed by atoms with Gasteiger partial charge < -0.3 is 14.4 Å². The zero-order chi connectivity index (χ0) is 11.8. The van der Waals surface area contributed by atoms with E-state index in [9.17, 15) is 4.79 Å². The van der Waals surface area contributed by atoms with Gasteiger partial charge in [-0.25, -0.2) is 0 Å². The van der Waals surface area contributed by atoms with Crippen LogP contribution < -0.4 is 4.74 Å². The summed E-state index contributed by atoms with van der Waals surface area (Å²) < 4.78 is 10.5. The third-order valence-electron chi connectivity index (χ3n) is 3.25. The van der Waals surface area contributed by atoms with E-state index >= 15 is 0 Å². The Labute approximate surface area is 99.3 Å². The average molecular weight is 234 g/mol. The number of fused-ring (bicyclic) bond motifs is 1. The van der Waals surface area contributed by atoms with Gasteiger partial charge in [0.2, 0.25) is 0 Å². The first-order valence-electron chi connectivity index (χ1n) is 5.71. The highest BCUT2D eigenvalue weighted by molar-refractivity contribution is 5.94. The van der Waals surface area contributed by atoms with Crippen LogP contribution in [-0.4, -0.2) is 48.2 Å². The molecule has 17 heavy (non-hydrogen) atoms. The average Bonchev–Trinajstić information content (AvgIpc) is 3.16. The highest BCUT2D eigenvalue weighted by Gasteiger charge is 2.44. The number of ether oxygens (including phenoxy) is 2. The summed E-state index contributed by atoms with van der Waals surface area (Å²) in [7, 11) is 1.56. The van der Waals surface area contributed by atoms with Crippen molar-refractivity contribution in [1.29, 1.82) is 0 Å². The molecule has 2 aliphatic rings. The molecule has 1 amide bonds. The van der Waals surface area contributed by atoms with Gasteiger partial charge in [-0.1, -0.05) is 0 Å². The number of piperidine rings is 1. The second kappa shape index (κ2) is 4.00. The molecule has 2 fully saturated rings. The van der Waals surface area contributed by atoms with Crippen molar-refractivity contribution >= 4 is 5.91 Å². The van der Waals surface area contributed by atoms with Crippen LogP contribution in [0.15, 0.2) is 18.5 Å². The van der Waals surface area contributed by atoms with Crippen molar-refractivity contribution in [2.75, 3.05) is 20.2 Å². The van der Waals surface area contributed by atoms with Crippen molar-refractivity contribution in [3.63, 3.8) is 0 Å². The minimum absolute atomic E-state index is 0.00495. The van der Waals surface area contributed by atoms with E-state index in [1.54, 1.807) is 25.6 Å². The maximum Gasteiger partial charge on any atom is 0.255 e. The molecular formula is C12H14N2O3. The third kappa shape index (κ3) is 1.98. The molecule has 0 unspecified atom stereocenters. The highest BCUT2D eigenvalue weighted by Crippen LogP contribution is 2.31. The number of amides is 1. The molecule has 0 aliphatic carbocycles. The molecule has 90 valence electrons. The fourth-order valence-electron chi connectivity index (χ4n) is 2.20. The summed E-state index contributed by atoms with van der Waals surface area (Å²) in [5, 5.41) is 0. The molecule has 2 aliphatic heterocycles. The van der Waals surface area contributed by atoms with Gasteiger partial charge in [0.05, 0.1) is 25.0 Å². The standard InChI is InChI=1S/C12H14N2O3/c1-16-9-4-8(5-13-6-9)12(15)14-3-2-10-11(7-14)17-10/h4-6,10-11H,2-3,7H2,1H3/t10-,11-/m1/s1. The van der Waals surface area contributed by atoms with E-state index in [0.717, 1.165) is 13.0 Å². The van der Waals surface area contributed by atoms with Crippen molar-refractivity contribution in [3.05, 3.63) is 24.0 Å². The van der Waals surface area contributed by atoms with Gasteiger partial charge in [-0.15, -0.1) is 0 Å². The molecule has 2 saturated heterocycles. The Morgan fingerprint density at radius 1 is 1.53 bits per heavy atom. The van der Waals surface area contributed by atoms with Crippen LogP contribution in [-0.2, 0) is 4.74 Å². The Morgan fingerprint density at radius 3 is 3.18 bits per heavy atom. The van der Waals surface area contributed by atoms with E-state index < -0.39 is 0 Å². The first kappa shape index (κ1) is 10.5. The fraction of sp³-hybridized carbons (Fsp3) is 0.500. The zero-order valence-corrected chi connectivity index (χ0v) is 9.63. The Kier molecular flexibility index (Phi) is 2.48. The van der Waals surface area contributed by atoms with Gasteiger partial charge in [-0.2, -0.15) is 0 Å². The minimum atomic E-state index is 0.00495. The van der Waals surface area contributed by atoms with Gasteiger partial charge in [0.1, 0.15) is 11.9 Å². The largest absolute Gasteiger partial charge is 0.495 e. The molecule has 0 bridgehead atoms. The third-order valence-corrected chi connectivity index (χ3v) is 3.25. The van der Waals surface area contributed by atoms with E-state index in [4.69, 9.17) is 9.47 Å². The molecule has 5 nitrogen and oxygen atoms in total. The van der Waals surface area contributed by atoms with Gasteiger partial charge in [0.15, 0.2) is 0 Å². The van der Waals surface area contributed by atoms with E-state index in [1.807, 2.05) is 4.90 Å². The summed E-state index contributed by atoms with van der Waals surface area (Å²) in [6, 6.07) is 1.72. The smallest absolute Gasteiger partial charge is 0.255 e. The van der Waals surface area contributed by atoms with Crippen LogP contribution in [0.4, 0.5) is 0 Å². The van der Waals surface area contributed by atoms with Crippen molar-refractivity contribution in [3.8, 4) is 5.75 Å². The summed E-state index contributed by atoms with van der Waals surface area (Å²) in [6.07, 6.45) is 4.75. The number of hydrogen-bond donors (Lipinski definition) is 0. The molecule has 0 aromatic carbocycles. The Hall–Kier alpha value is -1.62. The number of pyridine rings is 1. The molecule has 3 rings (SSSR count). The van der Waals surface area contributed by atoms with Crippen LogP contribution in [0.2, 0.25) is 0 Å². The number of carbonyl (C=O) groups excluding carboxylic acids is 1. The zero-order valence-electron chi connectivity index (χ0n) is 9.63. The lowest BCUT2D eigenvalue weighted by atomic mass is 10.1. The van der Waals surface area contributed by atoms with E-state index in [0.29, 0.717) is 24.0 Å². The highest BCUT2D eigenvalue weighted by atomic mass is 16.6.